The van der Waals surface area contributed by atoms with Crippen molar-refractivity contribution in [2.75, 3.05) is 6.54 Å². The van der Waals surface area contributed by atoms with E-state index in [2.05, 4.69) is 37.4 Å². The number of nitrogens with zero attached hydrogens (tertiary/aromatic N) is 1. The Morgan fingerprint density at radius 2 is 2.04 bits per heavy atom. The van der Waals surface area contributed by atoms with Gasteiger partial charge in [-0.05, 0) is 62.4 Å². The lowest BCUT2D eigenvalue weighted by Crippen LogP contribution is -2.46. The van der Waals surface area contributed by atoms with Gasteiger partial charge in [0.1, 0.15) is 6.04 Å². The number of nitrogens with one attached hydrogen (secondary N) is 1. The van der Waals surface area contributed by atoms with Crippen LogP contribution in [0.1, 0.15) is 53.1 Å². The SMILES string of the molecule is Cc1ccc([C@@H]2CCCN2C(=O)[C@H](C)NC(=O)c2ccco2)cc1C. The highest BCUT2D eigenvalue weighted by molar-refractivity contribution is 5.95. The molecule has 0 aliphatic carbocycles. The summed E-state index contributed by atoms with van der Waals surface area (Å²) in [6, 6.07) is 9.09. The number of likely N-dealkylation sites (tertiary alicyclic amines) is 1. The highest BCUT2D eigenvalue weighted by Crippen LogP contribution is 2.33. The molecule has 0 unspecified atom stereocenters. The molecule has 1 aliphatic rings. The molecule has 0 radical (unpaired) electrons. The van der Waals surface area contributed by atoms with Gasteiger partial charge in [-0.1, -0.05) is 18.2 Å². The van der Waals surface area contributed by atoms with Gasteiger partial charge in [0.25, 0.3) is 5.91 Å². The van der Waals surface area contributed by atoms with Crippen molar-refractivity contribution in [2.45, 2.75) is 45.7 Å². The van der Waals surface area contributed by atoms with Gasteiger partial charge < -0.3 is 14.6 Å². The van der Waals surface area contributed by atoms with E-state index in [4.69, 9.17) is 4.42 Å². The van der Waals surface area contributed by atoms with E-state index in [0.29, 0.717) is 0 Å². The molecule has 0 saturated carbocycles. The summed E-state index contributed by atoms with van der Waals surface area (Å²) in [6.45, 7) is 6.62. The van der Waals surface area contributed by atoms with Crippen LogP contribution in [-0.2, 0) is 4.79 Å². The van der Waals surface area contributed by atoms with E-state index in [9.17, 15) is 9.59 Å². The number of rotatable bonds is 4. The van der Waals surface area contributed by atoms with Crippen LogP contribution in [0, 0.1) is 13.8 Å². The first-order valence-electron chi connectivity index (χ1n) is 8.69. The quantitative estimate of drug-likeness (QED) is 0.928. The fraction of sp³-hybridized carbons (Fsp3) is 0.400. The number of furan rings is 1. The smallest absolute Gasteiger partial charge is 0.287 e. The summed E-state index contributed by atoms with van der Waals surface area (Å²) in [5.41, 5.74) is 3.65. The second-order valence-corrected chi connectivity index (χ2v) is 6.71. The fourth-order valence-electron chi connectivity index (χ4n) is 3.33. The monoisotopic (exact) mass is 340 g/mol. The molecule has 132 valence electrons. The van der Waals surface area contributed by atoms with Gasteiger partial charge in [-0.25, -0.2) is 0 Å². The Kier molecular flexibility index (Phi) is 4.93. The Hall–Kier alpha value is -2.56. The average molecular weight is 340 g/mol. The first-order chi connectivity index (χ1) is 12.0. The van der Waals surface area contributed by atoms with Gasteiger partial charge in [0.2, 0.25) is 5.91 Å². The summed E-state index contributed by atoms with van der Waals surface area (Å²) in [4.78, 5) is 26.8. The predicted octanol–water partition coefficient (Wildman–Crippen LogP) is 3.38. The lowest BCUT2D eigenvalue weighted by molar-refractivity contribution is -0.133. The molecule has 5 heteroatoms. The van der Waals surface area contributed by atoms with Crippen molar-refractivity contribution in [3.05, 3.63) is 59.0 Å². The maximum Gasteiger partial charge on any atom is 0.287 e. The van der Waals surface area contributed by atoms with Crippen LogP contribution in [0.25, 0.3) is 0 Å². The molecule has 1 aromatic heterocycles. The van der Waals surface area contributed by atoms with Crippen LogP contribution in [0.15, 0.2) is 41.0 Å². The van der Waals surface area contributed by atoms with E-state index >= 15 is 0 Å². The number of hydrogen-bond donors (Lipinski definition) is 1. The third-order valence-corrected chi connectivity index (χ3v) is 4.91. The maximum atomic E-state index is 12.9. The molecule has 2 atom stereocenters. The Balaban J connectivity index is 1.71. The number of carbonyl (C=O) groups excluding carboxylic acids is 2. The van der Waals surface area contributed by atoms with E-state index < -0.39 is 6.04 Å². The Morgan fingerprint density at radius 3 is 2.72 bits per heavy atom. The van der Waals surface area contributed by atoms with Gasteiger partial charge in [-0.2, -0.15) is 0 Å². The molecule has 1 fully saturated rings. The molecule has 1 aromatic carbocycles. The van der Waals surface area contributed by atoms with Crippen molar-refractivity contribution in [3.8, 4) is 0 Å². The molecule has 1 saturated heterocycles. The zero-order valence-electron chi connectivity index (χ0n) is 14.9. The minimum absolute atomic E-state index is 0.0550. The fourth-order valence-corrected chi connectivity index (χ4v) is 3.33. The molecule has 25 heavy (non-hydrogen) atoms. The lowest BCUT2D eigenvalue weighted by atomic mass is 9.99. The molecule has 1 aliphatic heterocycles. The first kappa shape index (κ1) is 17.3. The summed E-state index contributed by atoms with van der Waals surface area (Å²) in [6.07, 6.45) is 3.37. The van der Waals surface area contributed by atoms with Crippen LogP contribution in [0.3, 0.4) is 0 Å². The molecular weight excluding hydrogens is 316 g/mol. The third kappa shape index (κ3) is 3.60. The Bertz CT molecular complexity index is 767. The molecule has 0 bridgehead atoms. The van der Waals surface area contributed by atoms with Crippen molar-refractivity contribution in [1.82, 2.24) is 10.2 Å². The van der Waals surface area contributed by atoms with Crippen molar-refractivity contribution >= 4 is 11.8 Å². The highest BCUT2D eigenvalue weighted by Gasteiger charge is 2.33. The van der Waals surface area contributed by atoms with E-state index in [-0.39, 0.29) is 23.6 Å². The Morgan fingerprint density at radius 1 is 1.24 bits per heavy atom. The van der Waals surface area contributed by atoms with Crippen LogP contribution >= 0.6 is 0 Å². The minimum atomic E-state index is -0.593. The zero-order chi connectivity index (χ0) is 18.0. The summed E-state index contributed by atoms with van der Waals surface area (Å²) in [5.74, 6) is -0.208. The summed E-state index contributed by atoms with van der Waals surface area (Å²) in [5, 5.41) is 2.73. The van der Waals surface area contributed by atoms with Crippen LogP contribution < -0.4 is 5.32 Å². The van der Waals surface area contributed by atoms with Crippen molar-refractivity contribution in [1.29, 1.82) is 0 Å². The number of benzene rings is 1. The van der Waals surface area contributed by atoms with Crippen molar-refractivity contribution in [2.24, 2.45) is 0 Å². The number of carbonyl (C=O) groups is 2. The highest BCUT2D eigenvalue weighted by atomic mass is 16.3. The zero-order valence-corrected chi connectivity index (χ0v) is 14.9. The van der Waals surface area contributed by atoms with Gasteiger partial charge in [-0.3, -0.25) is 9.59 Å². The van der Waals surface area contributed by atoms with E-state index in [1.807, 2.05) is 4.90 Å². The van der Waals surface area contributed by atoms with Crippen LogP contribution in [0.2, 0.25) is 0 Å². The van der Waals surface area contributed by atoms with E-state index in [1.54, 1.807) is 19.1 Å². The summed E-state index contributed by atoms with van der Waals surface area (Å²) in [7, 11) is 0. The minimum Gasteiger partial charge on any atom is -0.459 e. The van der Waals surface area contributed by atoms with E-state index in [1.165, 1.54) is 23.0 Å². The predicted molar refractivity (Wildman–Crippen MR) is 95.2 cm³/mol. The van der Waals surface area contributed by atoms with Gasteiger partial charge in [-0.15, -0.1) is 0 Å². The third-order valence-electron chi connectivity index (χ3n) is 4.91. The summed E-state index contributed by atoms with van der Waals surface area (Å²) < 4.78 is 5.08. The average Bonchev–Trinajstić information content (AvgIpc) is 3.28. The molecule has 3 rings (SSSR count). The Labute approximate surface area is 148 Å². The lowest BCUT2D eigenvalue weighted by Gasteiger charge is -2.28. The molecule has 0 spiro atoms. The molecular formula is C20H24N2O3. The summed E-state index contributed by atoms with van der Waals surface area (Å²) >= 11 is 0. The molecule has 2 amide bonds. The molecule has 2 heterocycles. The number of amides is 2. The van der Waals surface area contributed by atoms with Crippen molar-refractivity contribution < 1.29 is 14.0 Å². The van der Waals surface area contributed by atoms with Gasteiger partial charge >= 0.3 is 0 Å². The van der Waals surface area contributed by atoms with Crippen molar-refractivity contribution in [3.63, 3.8) is 0 Å². The largest absolute Gasteiger partial charge is 0.459 e. The first-order valence-corrected chi connectivity index (χ1v) is 8.69. The molecule has 5 nitrogen and oxygen atoms in total. The molecule has 1 N–H and O–H groups in total. The second-order valence-electron chi connectivity index (χ2n) is 6.71. The van der Waals surface area contributed by atoms with Gasteiger partial charge in [0.15, 0.2) is 5.76 Å². The topological polar surface area (TPSA) is 62.6 Å². The van der Waals surface area contributed by atoms with Gasteiger partial charge in [0.05, 0.1) is 12.3 Å². The number of aryl methyl sites for hydroxylation is 2. The number of hydrogen-bond acceptors (Lipinski definition) is 3. The second kappa shape index (κ2) is 7.13. The van der Waals surface area contributed by atoms with Crippen LogP contribution in [0.4, 0.5) is 0 Å². The molecule has 2 aromatic rings. The normalized spacial score (nSPS) is 18.2. The van der Waals surface area contributed by atoms with Crippen LogP contribution in [0.5, 0.6) is 0 Å². The van der Waals surface area contributed by atoms with E-state index in [0.717, 1.165) is 19.4 Å². The standard InChI is InChI=1S/C20H24N2O3/c1-13-8-9-16(12-14(13)2)17-6-4-10-22(17)20(24)15(3)21-19(23)18-7-5-11-25-18/h5,7-9,11-12,15,17H,4,6,10H2,1-3H3,(H,21,23)/t15-,17-/m0/s1. The maximum absolute atomic E-state index is 12.9. The van der Waals surface area contributed by atoms with Crippen LogP contribution in [-0.4, -0.2) is 29.3 Å². The van der Waals surface area contributed by atoms with Gasteiger partial charge in [0, 0.05) is 6.54 Å².